The van der Waals surface area contributed by atoms with E-state index in [1.165, 1.54) is 11.8 Å². The zero-order valence-corrected chi connectivity index (χ0v) is 7.90. The van der Waals surface area contributed by atoms with E-state index in [4.69, 9.17) is 5.11 Å². The van der Waals surface area contributed by atoms with E-state index < -0.39 is 5.97 Å². The molecule has 60 valence electrons. The zero-order chi connectivity index (χ0) is 8.43. The maximum absolute atomic E-state index is 10.4. The van der Waals surface area contributed by atoms with Gasteiger partial charge < -0.3 is 9.63 Å². The van der Waals surface area contributed by atoms with Crippen molar-refractivity contribution in [2.45, 2.75) is 5.03 Å². The van der Waals surface area contributed by atoms with Gasteiger partial charge in [0.15, 0.2) is 5.03 Å². The van der Waals surface area contributed by atoms with E-state index in [1.54, 1.807) is 6.26 Å². The molecular weight excluding hydrogens is 234 g/mol. The predicted molar refractivity (Wildman–Crippen MR) is 42.9 cm³/mol. The van der Waals surface area contributed by atoms with E-state index in [0.29, 0.717) is 9.50 Å². The molecule has 6 heteroatoms. The van der Waals surface area contributed by atoms with Gasteiger partial charge in [0.25, 0.3) is 5.76 Å². The lowest BCUT2D eigenvalue weighted by molar-refractivity contribution is 0.0650. The van der Waals surface area contributed by atoms with Crippen LogP contribution in [0.1, 0.15) is 10.6 Å². The van der Waals surface area contributed by atoms with Crippen molar-refractivity contribution in [3.8, 4) is 0 Å². The van der Waals surface area contributed by atoms with Crippen LogP contribution in [0.3, 0.4) is 0 Å². The van der Waals surface area contributed by atoms with Gasteiger partial charge in [0.05, 0.1) is 0 Å². The molecule has 1 rings (SSSR count). The van der Waals surface area contributed by atoms with Gasteiger partial charge in [-0.25, -0.2) is 4.79 Å². The number of hydrogen-bond donors (Lipinski definition) is 1. The van der Waals surface area contributed by atoms with Gasteiger partial charge in [-0.05, 0) is 22.2 Å². The second-order valence-electron chi connectivity index (χ2n) is 1.64. The van der Waals surface area contributed by atoms with E-state index >= 15 is 0 Å². The van der Waals surface area contributed by atoms with E-state index in [9.17, 15) is 4.79 Å². The number of carboxylic acids is 1. The summed E-state index contributed by atoms with van der Waals surface area (Å²) in [5.41, 5.74) is 0. The second kappa shape index (κ2) is 3.27. The summed E-state index contributed by atoms with van der Waals surface area (Å²) in [5.74, 6) is -1.28. The predicted octanol–water partition coefficient (Wildman–Crippen LogP) is 1.86. The Kier molecular flexibility index (Phi) is 2.56. The minimum atomic E-state index is -1.12. The standard InChI is InChI=1S/C5H4BrNO3S/c1-11-4-2(6)3(5(8)9)10-7-4/h1H3,(H,8,9). The molecule has 11 heavy (non-hydrogen) atoms. The fourth-order valence-electron chi connectivity index (χ4n) is 0.524. The first-order valence-corrected chi connectivity index (χ1v) is 4.61. The minimum absolute atomic E-state index is 0.158. The fraction of sp³-hybridized carbons (Fsp3) is 0.200. The van der Waals surface area contributed by atoms with Gasteiger partial charge in [-0.3, -0.25) is 0 Å². The fourth-order valence-corrected chi connectivity index (χ4v) is 1.71. The average Bonchev–Trinajstić information content (AvgIpc) is 2.30. The molecule has 0 aromatic carbocycles. The summed E-state index contributed by atoms with van der Waals surface area (Å²) in [6, 6.07) is 0. The highest BCUT2D eigenvalue weighted by Crippen LogP contribution is 2.27. The van der Waals surface area contributed by atoms with Crippen molar-refractivity contribution in [2.75, 3.05) is 6.26 Å². The summed E-state index contributed by atoms with van der Waals surface area (Å²) in [7, 11) is 0. The molecule has 1 heterocycles. The van der Waals surface area contributed by atoms with Gasteiger partial charge in [0, 0.05) is 0 Å². The van der Waals surface area contributed by atoms with E-state index in [0.717, 1.165) is 0 Å². The molecule has 0 saturated heterocycles. The minimum Gasteiger partial charge on any atom is -0.475 e. The van der Waals surface area contributed by atoms with Crippen molar-refractivity contribution < 1.29 is 14.4 Å². The third-order valence-corrected chi connectivity index (χ3v) is 2.66. The van der Waals surface area contributed by atoms with Crippen molar-refractivity contribution in [2.24, 2.45) is 0 Å². The van der Waals surface area contributed by atoms with E-state index in [-0.39, 0.29) is 5.76 Å². The van der Waals surface area contributed by atoms with Gasteiger partial charge >= 0.3 is 5.97 Å². The summed E-state index contributed by atoms with van der Waals surface area (Å²) in [6.07, 6.45) is 1.79. The first kappa shape index (κ1) is 8.61. The van der Waals surface area contributed by atoms with Crippen LogP contribution in [0.4, 0.5) is 0 Å². The molecule has 0 atom stereocenters. The van der Waals surface area contributed by atoms with Crippen molar-refractivity contribution in [3.05, 3.63) is 10.2 Å². The molecule has 0 aliphatic carbocycles. The molecule has 0 amide bonds. The second-order valence-corrected chi connectivity index (χ2v) is 3.23. The highest BCUT2D eigenvalue weighted by atomic mass is 79.9. The van der Waals surface area contributed by atoms with Crippen molar-refractivity contribution in [1.82, 2.24) is 5.16 Å². The molecule has 0 fully saturated rings. The molecule has 0 radical (unpaired) electrons. The van der Waals surface area contributed by atoms with E-state index in [2.05, 4.69) is 25.6 Å². The third-order valence-electron chi connectivity index (χ3n) is 0.995. The monoisotopic (exact) mass is 237 g/mol. The molecule has 1 aromatic heterocycles. The van der Waals surface area contributed by atoms with Crippen LogP contribution in [-0.4, -0.2) is 22.5 Å². The number of nitrogens with zero attached hydrogens (tertiary/aromatic N) is 1. The van der Waals surface area contributed by atoms with Crippen LogP contribution in [0.5, 0.6) is 0 Å². The molecule has 0 spiro atoms. The molecule has 0 aliphatic heterocycles. The van der Waals surface area contributed by atoms with Crippen molar-refractivity contribution >= 4 is 33.7 Å². The average molecular weight is 238 g/mol. The van der Waals surface area contributed by atoms with Crippen LogP contribution >= 0.6 is 27.7 Å². The molecule has 0 unspecified atom stereocenters. The number of aromatic nitrogens is 1. The molecule has 1 N–H and O–H groups in total. The Balaban J connectivity index is 3.10. The van der Waals surface area contributed by atoms with Gasteiger partial charge in [0.1, 0.15) is 4.47 Å². The maximum atomic E-state index is 10.4. The first-order valence-electron chi connectivity index (χ1n) is 2.59. The lowest BCUT2D eigenvalue weighted by Crippen LogP contribution is -1.93. The Labute approximate surface area is 75.1 Å². The number of halogens is 1. The number of rotatable bonds is 2. The molecule has 4 nitrogen and oxygen atoms in total. The van der Waals surface area contributed by atoms with Crippen LogP contribution in [-0.2, 0) is 0 Å². The normalized spacial score (nSPS) is 10.0. The Morgan fingerprint density at radius 2 is 2.45 bits per heavy atom. The van der Waals surface area contributed by atoms with Gasteiger partial charge in [-0.1, -0.05) is 5.16 Å². The quantitative estimate of drug-likeness (QED) is 0.796. The topological polar surface area (TPSA) is 63.3 Å². The molecular formula is C5H4BrNO3S. The summed E-state index contributed by atoms with van der Waals surface area (Å²) in [5, 5.41) is 12.6. The van der Waals surface area contributed by atoms with Crippen molar-refractivity contribution in [3.63, 3.8) is 0 Å². The Morgan fingerprint density at radius 1 is 1.82 bits per heavy atom. The maximum Gasteiger partial charge on any atom is 0.375 e. The number of aromatic carboxylic acids is 1. The van der Waals surface area contributed by atoms with Crippen LogP contribution in [0.25, 0.3) is 0 Å². The van der Waals surface area contributed by atoms with Crippen LogP contribution in [0.15, 0.2) is 14.0 Å². The first-order chi connectivity index (χ1) is 5.16. The summed E-state index contributed by atoms with van der Waals surface area (Å²) in [4.78, 5) is 10.4. The highest BCUT2D eigenvalue weighted by Gasteiger charge is 2.18. The summed E-state index contributed by atoms with van der Waals surface area (Å²) >= 11 is 4.37. The van der Waals surface area contributed by atoms with Crippen molar-refractivity contribution in [1.29, 1.82) is 0 Å². The lowest BCUT2D eigenvalue weighted by atomic mass is 10.5. The summed E-state index contributed by atoms with van der Waals surface area (Å²) < 4.78 is 4.93. The number of hydrogen-bond acceptors (Lipinski definition) is 4. The van der Waals surface area contributed by atoms with Crippen LogP contribution < -0.4 is 0 Å². The van der Waals surface area contributed by atoms with Gasteiger partial charge in [0.2, 0.25) is 0 Å². The number of thioether (sulfide) groups is 1. The van der Waals surface area contributed by atoms with E-state index in [1.807, 2.05) is 0 Å². The molecule has 0 aliphatic rings. The molecule has 1 aromatic rings. The highest BCUT2D eigenvalue weighted by molar-refractivity contribution is 9.10. The Morgan fingerprint density at radius 3 is 2.73 bits per heavy atom. The SMILES string of the molecule is CSc1noc(C(=O)O)c1Br. The third kappa shape index (κ3) is 1.57. The summed E-state index contributed by atoms with van der Waals surface area (Å²) in [6.45, 7) is 0. The molecule has 0 saturated carbocycles. The smallest absolute Gasteiger partial charge is 0.375 e. The Bertz CT molecular complexity index is 285. The largest absolute Gasteiger partial charge is 0.475 e. The van der Waals surface area contributed by atoms with Crippen LogP contribution in [0.2, 0.25) is 0 Å². The van der Waals surface area contributed by atoms with Crippen LogP contribution in [0, 0.1) is 0 Å². The van der Waals surface area contributed by atoms with Gasteiger partial charge in [-0.15, -0.1) is 11.8 Å². The van der Waals surface area contributed by atoms with Gasteiger partial charge in [-0.2, -0.15) is 0 Å². The number of carbonyl (C=O) groups is 1. The number of carboxylic acid groups (broad SMARTS) is 1. The zero-order valence-electron chi connectivity index (χ0n) is 5.50. The lowest BCUT2D eigenvalue weighted by Gasteiger charge is -1.85. The Hall–Kier alpha value is -0.490. The molecule has 0 bridgehead atoms.